The molecule has 2 aromatic rings. The van der Waals surface area contributed by atoms with Gasteiger partial charge in [-0.3, -0.25) is 14.4 Å². The van der Waals surface area contributed by atoms with Gasteiger partial charge in [0, 0.05) is 18.7 Å². The molecule has 25 heavy (non-hydrogen) atoms. The molecule has 0 radical (unpaired) electrons. The molecule has 1 saturated heterocycles. The van der Waals surface area contributed by atoms with Crippen LogP contribution >= 0.6 is 0 Å². The lowest BCUT2D eigenvalue weighted by molar-refractivity contribution is -0.122. The zero-order valence-electron chi connectivity index (χ0n) is 13.2. The molecule has 0 aliphatic carbocycles. The Bertz CT molecular complexity index is 836. The van der Waals surface area contributed by atoms with Crippen molar-refractivity contribution in [2.75, 3.05) is 16.8 Å². The number of anilines is 2. The Balaban J connectivity index is 1.73. The van der Waals surface area contributed by atoms with Crippen LogP contribution < -0.4 is 16.0 Å². The van der Waals surface area contributed by atoms with Gasteiger partial charge in [0.05, 0.1) is 17.2 Å². The predicted octanol–water partition coefficient (Wildman–Crippen LogP) is 1.92. The molecule has 2 aromatic carbocycles. The molecule has 0 aromatic heterocycles. The van der Waals surface area contributed by atoms with Crippen molar-refractivity contribution in [2.45, 2.75) is 6.42 Å². The van der Waals surface area contributed by atoms with Gasteiger partial charge in [0.1, 0.15) is 5.82 Å². The molecule has 0 saturated carbocycles. The number of nitrogens with two attached hydrogens (primary N) is 1. The van der Waals surface area contributed by atoms with Crippen LogP contribution in [0.2, 0.25) is 0 Å². The number of halogens is 1. The molecule has 3 rings (SSSR count). The normalized spacial score (nSPS) is 16.8. The SMILES string of the molecule is NC(=O)c1ccccc1NC(=O)[C@@H]1CC(=O)N(c2ccc(F)cc2)C1. The first kappa shape index (κ1) is 16.6. The van der Waals surface area contributed by atoms with Crippen molar-refractivity contribution in [1.82, 2.24) is 0 Å². The number of primary amides is 1. The Labute approximate surface area is 143 Å². The van der Waals surface area contributed by atoms with E-state index in [2.05, 4.69) is 5.32 Å². The molecular formula is C18H16FN3O3. The molecule has 1 aliphatic heterocycles. The molecule has 0 unspecified atom stereocenters. The van der Waals surface area contributed by atoms with Crippen LogP contribution in [0.4, 0.5) is 15.8 Å². The molecule has 128 valence electrons. The Morgan fingerprint density at radius 3 is 2.48 bits per heavy atom. The van der Waals surface area contributed by atoms with Crippen molar-refractivity contribution in [1.29, 1.82) is 0 Å². The fourth-order valence-electron chi connectivity index (χ4n) is 2.80. The lowest BCUT2D eigenvalue weighted by atomic mass is 10.1. The number of para-hydroxylation sites is 1. The van der Waals surface area contributed by atoms with Crippen molar-refractivity contribution in [3.8, 4) is 0 Å². The zero-order chi connectivity index (χ0) is 18.0. The number of benzene rings is 2. The maximum Gasteiger partial charge on any atom is 0.250 e. The smallest absolute Gasteiger partial charge is 0.250 e. The second-order valence-electron chi connectivity index (χ2n) is 5.78. The fraction of sp³-hybridized carbons (Fsp3) is 0.167. The topological polar surface area (TPSA) is 92.5 Å². The molecule has 0 bridgehead atoms. The van der Waals surface area contributed by atoms with Crippen LogP contribution in [0.15, 0.2) is 48.5 Å². The van der Waals surface area contributed by atoms with Crippen molar-refractivity contribution in [2.24, 2.45) is 11.7 Å². The Kier molecular flexibility index (Phi) is 4.47. The molecule has 1 atom stereocenters. The van der Waals surface area contributed by atoms with E-state index in [0.29, 0.717) is 11.4 Å². The van der Waals surface area contributed by atoms with Crippen LogP contribution in [0, 0.1) is 11.7 Å². The molecule has 7 heteroatoms. The Hall–Kier alpha value is -3.22. The van der Waals surface area contributed by atoms with Gasteiger partial charge in [0.25, 0.3) is 5.91 Å². The van der Waals surface area contributed by atoms with Gasteiger partial charge in [-0.15, -0.1) is 0 Å². The van der Waals surface area contributed by atoms with Gasteiger partial charge in [-0.2, -0.15) is 0 Å². The highest BCUT2D eigenvalue weighted by molar-refractivity contribution is 6.06. The van der Waals surface area contributed by atoms with E-state index in [1.54, 1.807) is 18.2 Å². The van der Waals surface area contributed by atoms with Crippen molar-refractivity contribution in [3.63, 3.8) is 0 Å². The lowest BCUT2D eigenvalue weighted by Crippen LogP contribution is -2.28. The summed E-state index contributed by atoms with van der Waals surface area (Å²) in [4.78, 5) is 37.5. The summed E-state index contributed by atoms with van der Waals surface area (Å²) in [5, 5.41) is 2.66. The van der Waals surface area contributed by atoms with E-state index in [0.717, 1.165) is 0 Å². The first-order valence-electron chi connectivity index (χ1n) is 7.71. The number of carbonyl (C=O) groups excluding carboxylic acids is 3. The maximum absolute atomic E-state index is 13.0. The summed E-state index contributed by atoms with van der Waals surface area (Å²) in [6, 6.07) is 11.9. The number of amides is 3. The van der Waals surface area contributed by atoms with E-state index in [1.165, 1.54) is 35.2 Å². The average Bonchev–Trinajstić information content (AvgIpc) is 2.98. The van der Waals surface area contributed by atoms with Gasteiger partial charge in [0.2, 0.25) is 11.8 Å². The third kappa shape index (κ3) is 3.50. The van der Waals surface area contributed by atoms with Crippen LogP contribution in [0.5, 0.6) is 0 Å². The molecule has 3 N–H and O–H groups in total. The van der Waals surface area contributed by atoms with Crippen LogP contribution in [0.3, 0.4) is 0 Å². The minimum Gasteiger partial charge on any atom is -0.366 e. The van der Waals surface area contributed by atoms with Crippen molar-refractivity contribution >= 4 is 29.1 Å². The van der Waals surface area contributed by atoms with Gasteiger partial charge in [-0.25, -0.2) is 4.39 Å². The number of nitrogens with zero attached hydrogens (tertiary/aromatic N) is 1. The summed E-state index contributed by atoms with van der Waals surface area (Å²) in [6.07, 6.45) is 0.0436. The van der Waals surface area contributed by atoms with Gasteiger partial charge < -0.3 is 16.0 Å². The molecule has 1 fully saturated rings. The number of nitrogens with one attached hydrogen (secondary N) is 1. The number of rotatable bonds is 4. The molecule has 1 heterocycles. The highest BCUT2D eigenvalue weighted by atomic mass is 19.1. The van der Waals surface area contributed by atoms with E-state index in [4.69, 9.17) is 5.73 Å². The third-order valence-electron chi connectivity index (χ3n) is 4.08. The summed E-state index contributed by atoms with van der Waals surface area (Å²) >= 11 is 0. The van der Waals surface area contributed by atoms with Crippen LogP contribution in [-0.4, -0.2) is 24.3 Å². The largest absolute Gasteiger partial charge is 0.366 e. The predicted molar refractivity (Wildman–Crippen MR) is 90.4 cm³/mol. The molecule has 0 spiro atoms. The lowest BCUT2D eigenvalue weighted by Gasteiger charge is -2.17. The second kappa shape index (κ2) is 6.72. The average molecular weight is 341 g/mol. The van der Waals surface area contributed by atoms with E-state index in [1.807, 2.05) is 0 Å². The van der Waals surface area contributed by atoms with Gasteiger partial charge >= 0.3 is 0 Å². The van der Waals surface area contributed by atoms with Crippen LogP contribution in [0.25, 0.3) is 0 Å². The van der Waals surface area contributed by atoms with Gasteiger partial charge in [-0.1, -0.05) is 12.1 Å². The summed E-state index contributed by atoms with van der Waals surface area (Å²) in [6.45, 7) is 0.190. The van der Waals surface area contributed by atoms with E-state index in [-0.39, 0.29) is 30.3 Å². The summed E-state index contributed by atoms with van der Waals surface area (Å²) in [7, 11) is 0. The minimum atomic E-state index is -0.647. The van der Waals surface area contributed by atoms with Gasteiger partial charge in [-0.05, 0) is 36.4 Å². The number of hydrogen-bond acceptors (Lipinski definition) is 3. The quantitative estimate of drug-likeness (QED) is 0.890. The van der Waals surface area contributed by atoms with E-state index < -0.39 is 17.6 Å². The Morgan fingerprint density at radius 1 is 1.12 bits per heavy atom. The summed E-state index contributed by atoms with van der Waals surface area (Å²) in [5.41, 5.74) is 6.35. The van der Waals surface area contributed by atoms with E-state index in [9.17, 15) is 18.8 Å². The molecule has 1 aliphatic rings. The van der Waals surface area contributed by atoms with Crippen molar-refractivity contribution < 1.29 is 18.8 Å². The second-order valence-corrected chi connectivity index (χ2v) is 5.78. The monoisotopic (exact) mass is 341 g/mol. The third-order valence-corrected chi connectivity index (χ3v) is 4.08. The molecule has 6 nitrogen and oxygen atoms in total. The maximum atomic E-state index is 13.0. The van der Waals surface area contributed by atoms with E-state index >= 15 is 0 Å². The number of hydrogen-bond donors (Lipinski definition) is 2. The minimum absolute atomic E-state index is 0.0436. The highest BCUT2D eigenvalue weighted by Crippen LogP contribution is 2.26. The summed E-state index contributed by atoms with van der Waals surface area (Å²) in [5.74, 6) is -2.20. The zero-order valence-corrected chi connectivity index (χ0v) is 13.2. The molecular weight excluding hydrogens is 325 g/mol. The number of carbonyl (C=O) groups is 3. The standard InChI is InChI=1S/C18H16FN3O3/c19-12-5-7-13(8-6-12)22-10-11(9-16(22)23)18(25)21-15-4-2-1-3-14(15)17(20)24/h1-8,11H,9-10H2,(H2,20,24)(H,21,25)/t11-/m1/s1. The Morgan fingerprint density at radius 2 is 1.80 bits per heavy atom. The van der Waals surface area contributed by atoms with Crippen LogP contribution in [-0.2, 0) is 9.59 Å². The highest BCUT2D eigenvalue weighted by Gasteiger charge is 2.35. The van der Waals surface area contributed by atoms with Gasteiger partial charge in [0.15, 0.2) is 0 Å². The fourth-order valence-corrected chi connectivity index (χ4v) is 2.80. The van der Waals surface area contributed by atoms with Crippen LogP contribution in [0.1, 0.15) is 16.8 Å². The first-order chi connectivity index (χ1) is 12.0. The first-order valence-corrected chi connectivity index (χ1v) is 7.71. The molecule has 3 amide bonds. The summed E-state index contributed by atoms with van der Waals surface area (Å²) < 4.78 is 13.0. The van der Waals surface area contributed by atoms with Crippen molar-refractivity contribution in [3.05, 3.63) is 59.9 Å².